The van der Waals surface area contributed by atoms with E-state index >= 15 is 0 Å². The second kappa shape index (κ2) is 10.7. The molecule has 7 heteroatoms. The standard InChI is InChI=1S/C27H32N2O5/c1-2-3-14-24(26(32)29-15-8-9-18(29)16-25(30)31)28-27(33)34-17-23-21-12-6-4-10-19(21)20-11-5-7-13-22(20)23/h4-7,10-13,18,23-24H,2-3,8-9,14-17H2,1H3,(H,28,33)(H,30,31)/t18-,24?/m1/s1. The number of alkyl carbamates (subject to hydrolysis) is 1. The number of benzene rings is 2. The number of likely N-dealkylation sites (tertiary alicyclic amines) is 1. The zero-order valence-corrected chi connectivity index (χ0v) is 19.5. The second-order valence-corrected chi connectivity index (χ2v) is 9.09. The molecule has 2 amide bonds. The third-order valence-electron chi connectivity index (χ3n) is 6.85. The number of carboxylic acid groups (broad SMARTS) is 1. The van der Waals surface area contributed by atoms with E-state index in [0.717, 1.165) is 41.5 Å². The molecule has 1 aliphatic heterocycles. The van der Waals surface area contributed by atoms with Gasteiger partial charge in [-0.2, -0.15) is 0 Å². The Labute approximate surface area is 200 Å². The van der Waals surface area contributed by atoms with Crippen molar-refractivity contribution in [1.82, 2.24) is 10.2 Å². The maximum Gasteiger partial charge on any atom is 0.407 e. The van der Waals surface area contributed by atoms with E-state index < -0.39 is 18.1 Å². The molecule has 1 saturated heterocycles. The van der Waals surface area contributed by atoms with Crippen molar-refractivity contribution >= 4 is 18.0 Å². The zero-order valence-electron chi connectivity index (χ0n) is 19.5. The SMILES string of the molecule is CCCCC(NC(=O)OCC1c2ccccc2-c2ccccc21)C(=O)N1CCC[C@@H]1CC(=O)O. The number of nitrogens with zero attached hydrogens (tertiary/aromatic N) is 1. The summed E-state index contributed by atoms with van der Waals surface area (Å²) in [5.74, 6) is -1.19. The van der Waals surface area contributed by atoms with Gasteiger partial charge in [0.15, 0.2) is 0 Å². The maximum atomic E-state index is 13.2. The van der Waals surface area contributed by atoms with Crippen molar-refractivity contribution in [3.63, 3.8) is 0 Å². The largest absolute Gasteiger partial charge is 0.481 e. The number of fused-ring (bicyclic) bond motifs is 3. The summed E-state index contributed by atoms with van der Waals surface area (Å²) in [6.45, 7) is 2.73. The van der Waals surface area contributed by atoms with E-state index in [1.54, 1.807) is 4.90 Å². The predicted octanol–water partition coefficient (Wildman–Crippen LogP) is 4.55. The van der Waals surface area contributed by atoms with Gasteiger partial charge in [0, 0.05) is 18.5 Å². The monoisotopic (exact) mass is 464 g/mol. The van der Waals surface area contributed by atoms with Crippen molar-refractivity contribution < 1.29 is 24.2 Å². The third-order valence-corrected chi connectivity index (χ3v) is 6.85. The first-order valence-electron chi connectivity index (χ1n) is 12.1. The van der Waals surface area contributed by atoms with Crippen LogP contribution in [0.5, 0.6) is 0 Å². The molecule has 4 rings (SSSR count). The minimum atomic E-state index is -0.917. The average molecular weight is 465 g/mol. The molecular weight excluding hydrogens is 432 g/mol. The van der Waals surface area contributed by atoms with Crippen molar-refractivity contribution in [3.8, 4) is 11.1 Å². The Morgan fingerprint density at radius 2 is 1.74 bits per heavy atom. The summed E-state index contributed by atoms with van der Waals surface area (Å²) in [4.78, 5) is 38.8. The Kier molecular flexibility index (Phi) is 7.50. The fourth-order valence-corrected chi connectivity index (χ4v) is 5.19. The molecule has 2 N–H and O–H groups in total. The number of nitrogens with one attached hydrogen (secondary N) is 1. The molecule has 2 aromatic rings. The maximum absolute atomic E-state index is 13.2. The van der Waals surface area contributed by atoms with Crippen molar-refractivity contribution in [2.75, 3.05) is 13.2 Å². The molecule has 1 unspecified atom stereocenters. The normalized spacial score (nSPS) is 17.7. The van der Waals surface area contributed by atoms with Gasteiger partial charge in [0.2, 0.25) is 5.91 Å². The van der Waals surface area contributed by atoms with Crippen LogP contribution in [0.3, 0.4) is 0 Å². The first-order chi connectivity index (χ1) is 16.5. The van der Waals surface area contributed by atoms with Gasteiger partial charge in [-0.1, -0.05) is 68.3 Å². The molecule has 0 bridgehead atoms. The Bertz CT molecular complexity index is 1010. The molecule has 7 nitrogen and oxygen atoms in total. The van der Waals surface area contributed by atoms with Gasteiger partial charge in [-0.25, -0.2) is 4.79 Å². The van der Waals surface area contributed by atoms with Crippen molar-refractivity contribution in [3.05, 3.63) is 59.7 Å². The lowest BCUT2D eigenvalue weighted by molar-refractivity contribution is -0.140. The number of ether oxygens (including phenoxy) is 1. The van der Waals surface area contributed by atoms with Crippen LogP contribution in [0.25, 0.3) is 11.1 Å². The Morgan fingerprint density at radius 1 is 1.09 bits per heavy atom. The third kappa shape index (κ3) is 5.08. The summed E-state index contributed by atoms with van der Waals surface area (Å²) in [6, 6.07) is 15.2. The Morgan fingerprint density at radius 3 is 2.35 bits per heavy atom. The van der Waals surface area contributed by atoms with Gasteiger partial charge in [0.1, 0.15) is 12.6 Å². The molecule has 1 aliphatic carbocycles. The molecule has 0 radical (unpaired) electrons. The molecule has 2 aliphatic rings. The van der Waals surface area contributed by atoms with Gasteiger partial charge >= 0.3 is 12.1 Å². The summed E-state index contributed by atoms with van der Waals surface area (Å²) in [5, 5.41) is 12.0. The fourth-order valence-electron chi connectivity index (χ4n) is 5.19. The second-order valence-electron chi connectivity index (χ2n) is 9.09. The minimum absolute atomic E-state index is 0.0542. The number of rotatable bonds is 9. The molecule has 0 saturated carbocycles. The summed E-state index contributed by atoms with van der Waals surface area (Å²) in [6.07, 6.45) is 2.91. The smallest absolute Gasteiger partial charge is 0.407 e. The van der Waals surface area contributed by atoms with E-state index in [0.29, 0.717) is 19.4 Å². The molecule has 1 heterocycles. The molecule has 1 fully saturated rings. The zero-order chi connectivity index (χ0) is 24.1. The van der Waals surface area contributed by atoms with Crippen molar-refractivity contribution in [1.29, 1.82) is 0 Å². The van der Waals surface area contributed by atoms with Gasteiger partial charge in [0.25, 0.3) is 0 Å². The van der Waals surface area contributed by atoms with Gasteiger partial charge in [-0.15, -0.1) is 0 Å². The highest BCUT2D eigenvalue weighted by Gasteiger charge is 2.35. The molecule has 2 aromatic carbocycles. The lowest BCUT2D eigenvalue weighted by atomic mass is 9.98. The van der Waals surface area contributed by atoms with E-state index in [2.05, 4.69) is 29.6 Å². The van der Waals surface area contributed by atoms with Crippen LogP contribution < -0.4 is 5.32 Å². The first-order valence-corrected chi connectivity index (χ1v) is 12.1. The summed E-state index contributed by atoms with van der Waals surface area (Å²) in [5.41, 5.74) is 4.57. The molecule has 0 spiro atoms. The highest BCUT2D eigenvalue weighted by molar-refractivity contribution is 5.86. The van der Waals surface area contributed by atoms with Crippen LogP contribution >= 0.6 is 0 Å². The average Bonchev–Trinajstić information content (AvgIpc) is 3.42. The van der Waals surface area contributed by atoms with Crippen LogP contribution in [0.4, 0.5) is 4.79 Å². The highest BCUT2D eigenvalue weighted by atomic mass is 16.5. The number of hydrogen-bond donors (Lipinski definition) is 2. The number of carboxylic acids is 1. The summed E-state index contributed by atoms with van der Waals surface area (Å²) >= 11 is 0. The topological polar surface area (TPSA) is 95.9 Å². The van der Waals surface area contributed by atoms with Crippen LogP contribution in [0.15, 0.2) is 48.5 Å². The van der Waals surface area contributed by atoms with Crippen molar-refractivity contribution in [2.24, 2.45) is 0 Å². The number of carbonyl (C=O) groups excluding carboxylic acids is 2. The first kappa shape index (κ1) is 23.8. The summed E-state index contributed by atoms with van der Waals surface area (Å²) < 4.78 is 5.64. The number of amides is 2. The van der Waals surface area contributed by atoms with Crippen LogP contribution in [0.1, 0.15) is 62.5 Å². The van der Waals surface area contributed by atoms with E-state index in [-0.39, 0.29) is 30.9 Å². The number of hydrogen-bond acceptors (Lipinski definition) is 4. The van der Waals surface area contributed by atoms with E-state index in [1.807, 2.05) is 31.2 Å². The number of carbonyl (C=O) groups is 3. The molecule has 34 heavy (non-hydrogen) atoms. The van der Waals surface area contributed by atoms with Gasteiger partial charge in [0.05, 0.1) is 6.42 Å². The Balaban J connectivity index is 1.42. The van der Waals surface area contributed by atoms with Gasteiger partial charge < -0.3 is 20.1 Å². The van der Waals surface area contributed by atoms with Gasteiger partial charge in [-0.05, 0) is 41.5 Å². The van der Waals surface area contributed by atoms with Crippen LogP contribution in [0.2, 0.25) is 0 Å². The molecule has 2 atom stereocenters. The lowest BCUT2D eigenvalue weighted by Gasteiger charge is -2.28. The van der Waals surface area contributed by atoms with Crippen LogP contribution in [-0.4, -0.2) is 53.2 Å². The van der Waals surface area contributed by atoms with Crippen LogP contribution in [-0.2, 0) is 14.3 Å². The van der Waals surface area contributed by atoms with E-state index in [1.165, 1.54) is 0 Å². The molecular formula is C27H32N2O5. The summed E-state index contributed by atoms with van der Waals surface area (Å²) in [7, 11) is 0. The van der Waals surface area contributed by atoms with Gasteiger partial charge in [-0.3, -0.25) is 9.59 Å². The predicted molar refractivity (Wildman–Crippen MR) is 129 cm³/mol. The number of aliphatic carboxylic acids is 1. The highest BCUT2D eigenvalue weighted by Crippen LogP contribution is 2.44. The number of unbranched alkanes of at least 4 members (excludes halogenated alkanes) is 1. The van der Waals surface area contributed by atoms with Crippen molar-refractivity contribution in [2.45, 2.75) is 63.5 Å². The molecule has 0 aromatic heterocycles. The minimum Gasteiger partial charge on any atom is -0.481 e. The lowest BCUT2D eigenvalue weighted by Crippen LogP contribution is -2.50. The van der Waals surface area contributed by atoms with E-state index in [4.69, 9.17) is 4.74 Å². The fraction of sp³-hybridized carbons (Fsp3) is 0.444. The van der Waals surface area contributed by atoms with Crippen LogP contribution in [0, 0.1) is 0 Å². The molecule has 180 valence electrons. The quantitative estimate of drug-likeness (QED) is 0.568. The van der Waals surface area contributed by atoms with E-state index in [9.17, 15) is 19.5 Å². The Hall–Kier alpha value is -3.35.